The van der Waals surface area contributed by atoms with Gasteiger partial charge in [0.1, 0.15) is 11.2 Å². The monoisotopic (exact) mass is 864 g/mol. The summed E-state index contributed by atoms with van der Waals surface area (Å²) in [5.74, 6) is 0. The van der Waals surface area contributed by atoms with Crippen LogP contribution in [0.3, 0.4) is 0 Å². The van der Waals surface area contributed by atoms with Gasteiger partial charge in [-0.2, -0.15) is 0 Å². The van der Waals surface area contributed by atoms with Gasteiger partial charge in [-0.15, -0.1) is 22.7 Å². The number of anilines is 3. The van der Waals surface area contributed by atoms with E-state index in [2.05, 4.69) is 222 Å². The van der Waals surface area contributed by atoms with Gasteiger partial charge in [0.25, 0.3) is 0 Å². The topological polar surface area (TPSA) is 21.3 Å². The number of para-hydroxylation sites is 4. The first-order valence-electron chi connectivity index (χ1n) is 22.0. The number of aromatic nitrogens is 1. The van der Waals surface area contributed by atoms with Crippen LogP contribution < -0.4 is 4.90 Å². The van der Waals surface area contributed by atoms with Crippen molar-refractivity contribution >= 4 is 124 Å². The van der Waals surface area contributed by atoms with Crippen LogP contribution in [0.4, 0.5) is 17.1 Å². The van der Waals surface area contributed by atoms with Crippen LogP contribution in [0.15, 0.2) is 223 Å². The van der Waals surface area contributed by atoms with Gasteiger partial charge in [-0.3, -0.25) is 0 Å². The van der Waals surface area contributed by atoms with E-state index in [9.17, 15) is 0 Å². The van der Waals surface area contributed by atoms with Crippen molar-refractivity contribution in [2.75, 3.05) is 4.90 Å². The second kappa shape index (κ2) is 14.3. The molecule has 0 aliphatic rings. The fraction of sp³-hybridized carbons (Fsp3) is 0. The van der Waals surface area contributed by atoms with E-state index in [-0.39, 0.29) is 0 Å². The maximum atomic E-state index is 6.61. The van der Waals surface area contributed by atoms with Crippen LogP contribution >= 0.6 is 22.7 Å². The van der Waals surface area contributed by atoms with Crippen LogP contribution in [0, 0.1) is 0 Å². The highest BCUT2D eigenvalue weighted by Gasteiger charge is 2.23. The molecule has 4 heterocycles. The van der Waals surface area contributed by atoms with Crippen molar-refractivity contribution in [1.82, 2.24) is 4.57 Å². The molecular formula is C60H36N2OS2. The first-order chi connectivity index (χ1) is 32.2. The van der Waals surface area contributed by atoms with E-state index in [1.54, 1.807) is 0 Å². The Labute approximate surface area is 381 Å². The Balaban J connectivity index is 1.01. The Bertz CT molecular complexity index is 4150. The fourth-order valence-electron chi connectivity index (χ4n) is 10.3. The molecule has 0 amide bonds. The van der Waals surface area contributed by atoms with Crippen LogP contribution in [0.5, 0.6) is 0 Å². The van der Waals surface area contributed by atoms with E-state index in [0.717, 1.165) is 55.8 Å². The first kappa shape index (κ1) is 36.5. The van der Waals surface area contributed by atoms with E-state index < -0.39 is 0 Å². The van der Waals surface area contributed by atoms with Gasteiger partial charge in [-0.25, -0.2) is 0 Å². The highest BCUT2D eigenvalue weighted by molar-refractivity contribution is 7.26. The van der Waals surface area contributed by atoms with E-state index in [4.69, 9.17) is 4.42 Å². The predicted molar refractivity (Wildman–Crippen MR) is 279 cm³/mol. The molecule has 0 saturated heterocycles. The van der Waals surface area contributed by atoms with Crippen molar-refractivity contribution in [3.63, 3.8) is 0 Å². The molecule has 0 spiro atoms. The summed E-state index contributed by atoms with van der Waals surface area (Å²) in [5.41, 5.74) is 13.3. The third-order valence-electron chi connectivity index (χ3n) is 13.2. The van der Waals surface area contributed by atoms with Crippen molar-refractivity contribution in [1.29, 1.82) is 0 Å². The molecule has 4 aromatic heterocycles. The molecule has 10 aromatic carbocycles. The molecule has 65 heavy (non-hydrogen) atoms. The van der Waals surface area contributed by atoms with Gasteiger partial charge in [-0.05, 0) is 83.9 Å². The summed E-state index contributed by atoms with van der Waals surface area (Å²) in [6.07, 6.45) is 0. The number of benzene rings is 10. The van der Waals surface area contributed by atoms with Crippen molar-refractivity contribution < 1.29 is 4.42 Å². The van der Waals surface area contributed by atoms with Crippen molar-refractivity contribution in [3.8, 4) is 27.9 Å². The maximum absolute atomic E-state index is 6.61. The summed E-state index contributed by atoms with van der Waals surface area (Å²) >= 11 is 3.74. The second-order valence-corrected chi connectivity index (χ2v) is 18.9. The number of hydrogen-bond acceptors (Lipinski definition) is 4. The van der Waals surface area contributed by atoms with E-state index in [1.165, 1.54) is 73.3 Å². The molecule has 0 atom stereocenters. The number of furan rings is 1. The number of fused-ring (bicyclic) bond motifs is 12. The van der Waals surface area contributed by atoms with Gasteiger partial charge in [0, 0.05) is 85.4 Å². The molecule has 3 nitrogen and oxygen atoms in total. The van der Waals surface area contributed by atoms with E-state index in [0.29, 0.717) is 0 Å². The normalized spacial score (nSPS) is 12.0. The summed E-state index contributed by atoms with van der Waals surface area (Å²) in [4.78, 5) is 2.49. The van der Waals surface area contributed by atoms with Crippen molar-refractivity contribution in [2.45, 2.75) is 0 Å². The van der Waals surface area contributed by atoms with Crippen molar-refractivity contribution in [3.05, 3.63) is 218 Å². The zero-order valence-corrected chi connectivity index (χ0v) is 36.5. The molecule has 5 heteroatoms. The molecule has 14 aromatic rings. The van der Waals surface area contributed by atoms with Crippen molar-refractivity contribution in [2.24, 2.45) is 0 Å². The van der Waals surface area contributed by atoms with Gasteiger partial charge in [0.2, 0.25) is 0 Å². The Morgan fingerprint density at radius 1 is 0.369 bits per heavy atom. The molecule has 0 N–H and O–H groups in total. The second-order valence-electron chi connectivity index (χ2n) is 16.8. The minimum Gasteiger partial charge on any atom is -0.455 e. The van der Waals surface area contributed by atoms with Crippen LogP contribution in [-0.2, 0) is 0 Å². The highest BCUT2D eigenvalue weighted by Crippen LogP contribution is 2.50. The third kappa shape index (κ3) is 5.59. The smallest absolute Gasteiger partial charge is 0.143 e. The molecule has 0 radical (unpaired) electrons. The zero-order valence-electron chi connectivity index (χ0n) is 34.9. The molecule has 14 rings (SSSR count). The summed E-state index contributed by atoms with van der Waals surface area (Å²) < 4.78 is 14.1. The Morgan fingerprint density at radius 3 is 1.74 bits per heavy atom. The van der Waals surface area contributed by atoms with E-state index in [1.807, 2.05) is 28.7 Å². The quantitative estimate of drug-likeness (QED) is 0.166. The highest BCUT2D eigenvalue weighted by atomic mass is 32.1. The molecule has 0 unspecified atom stereocenters. The number of thiophene rings is 2. The molecule has 0 saturated carbocycles. The molecular weight excluding hydrogens is 829 g/mol. The summed E-state index contributed by atoms with van der Waals surface area (Å²) in [6, 6.07) is 79.7. The lowest BCUT2D eigenvalue weighted by Gasteiger charge is -2.27. The average Bonchev–Trinajstić information content (AvgIpc) is 4.14. The minimum absolute atomic E-state index is 0.899. The lowest BCUT2D eigenvalue weighted by molar-refractivity contribution is 0.670. The Hall–Kier alpha value is -7.96. The Morgan fingerprint density at radius 2 is 0.969 bits per heavy atom. The summed E-state index contributed by atoms with van der Waals surface area (Å²) in [5, 5.41) is 9.84. The van der Waals surface area contributed by atoms with Crippen LogP contribution in [0.25, 0.3) is 112 Å². The molecule has 0 bridgehead atoms. The molecule has 304 valence electrons. The SMILES string of the molecule is c1cc(-c2cccc3c2oc2ccccc23)cc(N(c2cc(-c3ccc(-n4c5ccccc5c5ccccc54)cc3)c3sc4ccccc4c3c2)c2cccc3c2sc2ccccc23)c1. The standard InChI is InChI=1S/C60H36N2OS2/c1-6-24-52-43(16-1)44-17-2-7-25-53(44)62(52)39-32-30-37(31-33-39)50-35-41(36-51-47-20-5-10-29-57(47)64-59(50)51)61(54-26-13-23-49-46-19-4-9-28-56(46)65-60(49)54)40-15-11-14-38(34-40)42-21-12-22-48-45-18-3-8-27-55(45)63-58(42)48/h1-36H. The van der Waals surface area contributed by atoms with Crippen LogP contribution in [0.1, 0.15) is 0 Å². The summed E-state index contributed by atoms with van der Waals surface area (Å²) in [7, 11) is 0. The van der Waals surface area contributed by atoms with Gasteiger partial charge in [0.05, 0.1) is 21.4 Å². The summed E-state index contributed by atoms with van der Waals surface area (Å²) in [6.45, 7) is 0. The molecule has 0 aliphatic heterocycles. The molecule has 0 aliphatic carbocycles. The van der Waals surface area contributed by atoms with E-state index >= 15 is 0 Å². The first-order valence-corrected chi connectivity index (χ1v) is 23.6. The number of hydrogen-bond donors (Lipinski definition) is 0. The largest absolute Gasteiger partial charge is 0.455 e. The third-order valence-corrected chi connectivity index (χ3v) is 15.6. The average molecular weight is 865 g/mol. The predicted octanol–water partition coefficient (Wildman–Crippen LogP) is 18.2. The number of rotatable bonds is 6. The van der Waals surface area contributed by atoms with Crippen LogP contribution in [-0.4, -0.2) is 4.57 Å². The van der Waals surface area contributed by atoms with Gasteiger partial charge < -0.3 is 13.9 Å². The lowest BCUT2D eigenvalue weighted by Crippen LogP contribution is -2.10. The fourth-order valence-corrected chi connectivity index (χ4v) is 12.7. The molecule has 0 fully saturated rings. The Kier molecular flexibility index (Phi) is 8.02. The lowest BCUT2D eigenvalue weighted by atomic mass is 9.99. The maximum Gasteiger partial charge on any atom is 0.143 e. The minimum atomic E-state index is 0.899. The van der Waals surface area contributed by atoms with Crippen LogP contribution in [0.2, 0.25) is 0 Å². The number of nitrogens with zero attached hydrogens (tertiary/aromatic N) is 2. The van der Waals surface area contributed by atoms with Gasteiger partial charge in [0.15, 0.2) is 0 Å². The van der Waals surface area contributed by atoms with Gasteiger partial charge >= 0.3 is 0 Å². The zero-order chi connectivity index (χ0) is 42.6. The van der Waals surface area contributed by atoms with Gasteiger partial charge in [-0.1, -0.05) is 146 Å².